The number of unbranched alkanes of at least 4 members (excludes halogenated alkanes) is 1. The van der Waals surface area contributed by atoms with Gasteiger partial charge in [0, 0.05) is 25.1 Å². The number of hydrogen-bond acceptors (Lipinski definition) is 4. The van der Waals surface area contributed by atoms with Gasteiger partial charge in [0.25, 0.3) is 5.91 Å². The summed E-state index contributed by atoms with van der Waals surface area (Å²) in [6.45, 7) is 9.10. The molecule has 0 spiro atoms. The molecule has 3 rings (SSSR count). The van der Waals surface area contributed by atoms with Crippen molar-refractivity contribution in [3.8, 4) is 5.75 Å². The molecule has 1 heterocycles. The van der Waals surface area contributed by atoms with E-state index in [4.69, 9.17) is 9.47 Å². The van der Waals surface area contributed by atoms with Crippen molar-refractivity contribution in [1.29, 1.82) is 0 Å². The quantitative estimate of drug-likeness (QED) is 0.604. The number of hydrogen-bond donors (Lipinski definition) is 1. The lowest BCUT2D eigenvalue weighted by Crippen LogP contribution is -2.43. The average molecular weight is 439 g/mol. The highest BCUT2D eigenvalue weighted by molar-refractivity contribution is 5.95. The van der Waals surface area contributed by atoms with Crippen LogP contribution >= 0.6 is 0 Å². The van der Waals surface area contributed by atoms with Crippen molar-refractivity contribution in [3.05, 3.63) is 65.2 Å². The maximum Gasteiger partial charge on any atom is 0.410 e. The predicted octanol–water partition coefficient (Wildman–Crippen LogP) is 4.75. The fraction of sp³-hybridized carbons (Fsp3) is 0.462. The van der Waals surface area contributed by atoms with E-state index in [0.29, 0.717) is 25.2 Å². The summed E-state index contributed by atoms with van der Waals surface area (Å²) in [7, 11) is 0. The Bertz CT molecular complexity index is 910. The largest absolute Gasteiger partial charge is 0.488 e. The van der Waals surface area contributed by atoms with E-state index in [-0.39, 0.29) is 18.1 Å². The fourth-order valence-corrected chi connectivity index (χ4v) is 3.74. The molecule has 1 aliphatic heterocycles. The maximum absolute atomic E-state index is 12.8. The van der Waals surface area contributed by atoms with Gasteiger partial charge < -0.3 is 19.7 Å². The summed E-state index contributed by atoms with van der Waals surface area (Å²) in [5.41, 5.74) is 2.26. The summed E-state index contributed by atoms with van der Waals surface area (Å²) in [6.07, 6.45) is 1.89. The lowest BCUT2D eigenvalue weighted by molar-refractivity contribution is 0.0179. The molecule has 0 saturated heterocycles. The third-order valence-corrected chi connectivity index (χ3v) is 5.32. The zero-order chi connectivity index (χ0) is 23.1. The van der Waals surface area contributed by atoms with Crippen LogP contribution in [0.1, 0.15) is 55.1 Å². The van der Waals surface area contributed by atoms with E-state index >= 15 is 0 Å². The molecule has 0 bridgehead atoms. The topological polar surface area (TPSA) is 67.9 Å². The monoisotopic (exact) mass is 438 g/mol. The van der Waals surface area contributed by atoms with Gasteiger partial charge in [-0.2, -0.15) is 0 Å². The Labute approximate surface area is 190 Å². The second kappa shape index (κ2) is 10.5. The van der Waals surface area contributed by atoms with E-state index in [1.165, 1.54) is 5.56 Å². The molecule has 0 saturated carbocycles. The first-order valence-electron chi connectivity index (χ1n) is 11.3. The molecule has 32 heavy (non-hydrogen) atoms. The van der Waals surface area contributed by atoms with Gasteiger partial charge >= 0.3 is 6.09 Å². The average Bonchev–Trinajstić information content (AvgIpc) is 3.14. The Balaban J connectivity index is 1.50. The lowest BCUT2D eigenvalue weighted by atomic mass is 10.1. The summed E-state index contributed by atoms with van der Waals surface area (Å²) < 4.78 is 11.6. The number of carbonyl (C=O) groups is 2. The van der Waals surface area contributed by atoms with Crippen molar-refractivity contribution in [2.75, 3.05) is 19.6 Å². The van der Waals surface area contributed by atoms with Gasteiger partial charge in [-0.1, -0.05) is 36.4 Å². The van der Waals surface area contributed by atoms with Crippen LogP contribution in [-0.2, 0) is 11.2 Å². The SMILES string of the molecule is Cc1ccccc1C(=O)NCCCCN(CC1Cc2ccccc2O1)C(=O)OC(C)(C)C. The molecule has 172 valence electrons. The summed E-state index contributed by atoms with van der Waals surface area (Å²) >= 11 is 0. The van der Waals surface area contributed by atoms with E-state index < -0.39 is 5.60 Å². The van der Waals surface area contributed by atoms with E-state index in [1.807, 2.05) is 70.2 Å². The fourth-order valence-electron chi connectivity index (χ4n) is 3.74. The standard InChI is InChI=1S/C26H34N2O4/c1-19-11-5-7-13-22(19)24(29)27-15-9-10-16-28(25(30)32-26(2,3)4)18-21-17-20-12-6-8-14-23(20)31-21/h5-8,11-14,21H,9-10,15-18H2,1-4H3,(H,27,29). The Morgan fingerprint density at radius 2 is 1.81 bits per heavy atom. The number of benzene rings is 2. The van der Waals surface area contributed by atoms with Crippen LogP contribution in [0.5, 0.6) is 5.75 Å². The summed E-state index contributed by atoms with van der Waals surface area (Å²) in [5, 5.41) is 2.97. The third kappa shape index (κ3) is 6.74. The summed E-state index contributed by atoms with van der Waals surface area (Å²) in [5.74, 6) is 0.824. The number of carbonyl (C=O) groups excluding carboxylic acids is 2. The molecule has 0 aliphatic carbocycles. The van der Waals surface area contributed by atoms with Crippen LogP contribution in [0.4, 0.5) is 4.79 Å². The van der Waals surface area contributed by atoms with Crippen molar-refractivity contribution in [2.45, 2.75) is 58.7 Å². The van der Waals surface area contributed by atoms with E-state index in [0.717, 1.165) is 30.6 Å². The second-order valence-corrected chi connectivity index (χ2v) is 9.26. The molecule has 0 radical (unpaired) electrons. The number of ether oxygens (including phenoxy) is 2. The Hall–Kier alpha value is -3.02. The van der Waals surface area contributed by atoms with Crippen LogP contribution in [-0.4, -0.2) is 48.2 Å². The number of fused-ring (bicyclic) bond motifs is 1. The number of aryl methyl sites for hydroxylation is 1. The molecule has 2 aromatic rings. The van der Waals surface area contributed by atoms with Crippen LogP contribution in [0.15, 0.2) is 48.5 Å². The normalized spacial score (nSPS) is 14.9. The molecule has 1 N–H and O–H groups in total. The first-order chi connectivity index (χ1) is 15.2. The van der Waals surface area contributed by atoms with Gasteiger partial charge in [-0.05, 0) is 63.8 Å². The minimum Gasteiger partial charge on any atom is -0.488 e. The molecule has 0 aromatic heterocycles. The van der Waals surface area contributed by atoms with Gasteiger partial charge in [-0.15, -0.1) is 0 Å². The first-order valence-corrected chi connectivity index (χ1v) is 11.3. The third-order valence-electron chi connectivity index (χ3n) is 5.32. The van der Waals surface area contributed by atoms with Crippen molar-refractivity contribution < 1.29 is 19.1 Å². The molecular weight excluding hydrogens is 404 g/mol. The molecule has 2 amide bonds. The first kappa shape index (κ1) is 23.6. The maximum atomic E-state index is 12.8. The van der Waals surface area contributed by atoms with Crippen molar-refractivity contribution in [1.82, 2.24) is 10.2 Å². The highest BCUT2D eigenvalue weighted by Crippen LogP contribution is 2.28. The van der Waals surface area contributed by atoms with Crippen molar-refractivity contribution >= 4 is 12.0 Å². The zero-order valence-corrected chi connectivity index (χ0v) is 19.5. The van der Waals surface area contributed by atoms with E-state index in [2.05, 4.69) is 11.4 Å². The molecular formula is C26H34N2O4. The lowest BCUT2D eigenvalue weighted by Gasteiger charge is -2.29. The highest BCUT2D eigenvalue weighted by Gasteiger charge is 2.29. The van der Waals surface area contributed by atoms with Gasteiger partial charge in [0.1, 0.15) is 17.5 Å². The van der Waals surface area contributed by atoms with Crippen molar-refractivity contribution in [3.63, 3.8) is 0 Å². The van der Waals surface area contributed by atoms with E-state index in [1.54, 1.807) is 4.90 Å². The molecule has 2 aromatic carbocycles. The molecule has 1 atom stereocenters. The Morgan fingerprint density at radius 3 is 2.53 bits per heavy atom. The minimum absolute atomic E-state index is 0.0655. The molecule has 0 fully saturated rings. The number of amides is 2. The minimum atomic E-state index is -0.559. The van der Waals surface area contributed by atoms with Gasteiger partial charge in [0.05, 0.1) is 6.54 Å². The molecule has 1 unspecified atom stereocenters. The highest BCUT2D eigenvalue weighted by atomic mass is 16.6. The predicted molar refractivity (Wildman–Crippen MR) is 125 cm³/mol. The van der Waals surface area contributed by atoms with Crippen LogP contribution in [0.25, 0.3) is 0 Å². The van der Waals surface area contributed by atoms with Gasteiger partial charge in [0.2, 0.25) is 0 Å². The zero-order valence-electron chi connectivity index (χ0n) is 19.5. The van der Waals surface area contributed by atoms with Crippen molar-refractivity contribution in [2.24, 2.45) is 0 Å². The van der Waals surface area contributed by atoms with E-state index in [9.17, 15) is 9.59 Å². The number of rotatable bonds is 8. The smallest absolute Gasteiger partial charge is 0.410 e. The Morgan fingerprint density at radius 1 is 1.09 bits per heavy atom. The van der Waals surface area contributed by atoms with Gasteiger partial charge in [-0.3, -0.25) is 4.79 Å². The Kier molecular flexibility index (Phi) is 7.78. The van der Waals surface area contributed by atoms with Gasteiger partial charge in [0.15, 0.2) is 0 Å². The molecule has 6 nitrogen and oxygen atoms in total. The van der Waals surface area contributed by atoms with Crippen LogP contribution in [0.2, 0.25) is 0 Å². The second-order valence-electron chi connectivity index (χ2n) is 9.26. The number of para-hydroxylation sites is 1. The number of nitrogens with zero attached hydrogens (tertiary/aromatic N) is 1. The van der Waals surface area contributed by atoms with Crippen LogP contribution in [0.3, 0.4) is 0 Å². The van der Waals surface area contributed by atoms with Crippen LogP contribution < -0.4 is 10.1 Å². The van der Waals surface area contributed by atoms with Gasteiger partial charge in [-0.25, -0.2) is 4.79 Å². The summed E-state index contributed by atoms with van der Waals surface area (Å²) in [6, 6.07) is 15.5. The number of nitrogens with one attached hydrogen (secondary N) is 1. The summed E-state index contributed by atoms with van der Waals surface area (Å²) in [4.78, 5) is 26.9. The molecule has 1 aliphatic rings. The molecule has 6 heteroatoms. The van der Waals surface area contributed by atoms with Crippen LogP contribution in [0, 0.1) is 6.92 Å².